The quantitative estimate of drug-likeness (QED) is 0.628. The number of hydrogen-bond donors (Lipinski definition) is 1. The average molecular weight is 212 g/mol. The molecule has 15 heavy (non-hydrogen) atoms. The van der Waals surface area contributed by atoms with Crippen molar-refractivity contribution < 1.29 is 9.59 Å². The van der Waals surface area contributed by atoms with Crippen molar-refractivity contribution in [2.45, 2.75) is 20.8 Å². The molecule has 0 saturated carbocycles. The van der Waals surface area contributed by atoms with Crippen molar-refractivity contribution in [2.75, 3.05) is 26.2 Å². The van der Waals surface area contributed by atoms with Crippen molar-refractivity contribution in [1.29, 1.82) is 0 Å². The molecule has 0 unspecified atom stereocenters. The van der Waals surface area contributed by atoms with Crippen LogP contribution in [0.25, 0.3) is 0 Å². The zero-order chi connectivity index (χ0) is 11.7. The summed E-state index contributed by atoms with van der Waals surface area (Å²) in [6.07, 6.45) is 3.31. The van der Waals surface area contributed by atoms with Gasteiger partial charge in [-0.1, -0.05) is 13.0 Å². The minimum atomic E-state index is 0.0237. The number of nitrogens with zero attached hydrogens (tertiary/aromatic N) is 1. The average Bonchev–Trinajstić information content (AvgIpc) is 2.16. The summed E-state index contributed by atoms with van der Waals surface area (Å²) < 4.78 is 0. The van der Waals surface area contributed by atoms with Crippen molar-refractivity contribution >= 4 is 11.7 Å². The van der Waals surface area contributed by atoms with Crippen molar-refractivity contribution in [3.05, 3.63) is 12.2 Å². The second-order valence-electron chi connectivity index (χ2n) is 3.29. The molecule has 0 aromatic carbocycles. The Hall–Kier alpha value is -1.16. The molecule has 0 heterocycles. The number of amides is 1. The Bertz CT molecular complexity index is 237. The van der Waals surface area contributed by atoms with Crippen LogP contribution in [0.3, 0.4) is 0 Å². The van der Waals surface area contributed by atoms with Crippen LogP contribution < -0.4 is 5.32 Å². The predicted octanol–water partition coefficient (Wildman–Crippen LogP) is 0.590. The summed E-state index contributed by atoms with van der Waals surface area (Å²) in [4.78, 5) is 23.9. The molecule has 0 rings (SSSR count). The van der Waals surface area contributed by atoms with Gasteiger partial charge in [0.05, 0.1) is 6.54 Å². The van der Waals surface area contributed by atoms with Crippen LogP contribution in [0.4, 0.5) is 0 Å². The van der Waals surface area contributed by atoms with E-state index < -0.39 is 0 Å². The highest BCUT2D eigenvalue weighted by molar-refractivity contribution is 5.87. The van der Waals surface area contributed by atoms with Gasteiger partial charge in [-0.3, -0.25) is 14.5 Å². The van der Waals surface area contributed by atoms with Gasteiger partial charge in [-0.15, -0.1) is 0 Å². The van der Waals surface area contributed by atoms with Crippen LogP contribution in [0.5, 0.6) is 0 Å². The molecule has 0 atom stereocenters. The van der Waals surface area contributed by atoms with Gasteiger partial charge >= 0.3 is 0 Å². The lowest BCUT2D eigenvalue weighted by Gasteiger charge is -2.17. The molecule has 0 aliphatic carbocycles. The van der Waals surface area contributed by atoms with E-state index in [1.165, 1.54) is 13.0 Å². The van der Waals surface area contributed by atoms with Gasteiger partial charge < -0.3 is 5.32 Å². The molecule has 1 amide bonds. The van der Waals surface area contributed by atoms with Crippen LogP contribution in [-0.2, 0) is 9.59 Å². The number of allylic oxidation sites excluding steroid dienone is 1. The molecule has 86 valence electrons. The SMILES string of the molecule is CCNC(=O)CN(CC)C/C=C/C(C)=O. The van der Waals surface area contributed by atoms with Crippen molar-refractivity contribution in [3.8, 4) is 0 Å². The number of hydrogen-bond acceptors (Lipinski definition) is 3. The van der Waals surface area contributed by atoms with Crippen LogP contribution >= 0.6 is 0 Å². The lowest BCUT2D eigenvalue weighted by Crippen LogP contribution is -2.37. The highest BCUT2D eigenvalue weighted by Gasteiger charge is 2.05. The van der Waals surface area contributed by atoms with Crippen LogP contribution in [0.1, 0.15) is 20.8 Å². The third-order valence-corrected chi connectivity index (χ3v) is 1.90. The van der Waals surface area contributed by atoms with Crippen molar-refractivity contribution in [3.63, 3.8) is 0 Å². The van der Waals surface area contributed by atoms with Gasteiger partial charge in [0.1, 0.15) is 0 Å². The minimum Gasteiger partial charge on any atom is -0.355 e. The molecule has 0 aliphatic rings. The Kier molecular flexibility index (Phi) is 7.54. The minimum absolute atomic E-state index is 0.0237. The third-order valence-electron chi connectivity index (χ3n) is 1.90. The van der Waals surface area contributed by atoms with E-state index in [-0.39, 0.29) is 11.7 Å². The third kappa shape index (κ3) is 7.88. The Balaban J connectivity index is 3.92. The molecular formula is C11H20N2O2. The summed E-state index contributed by atoms with van der Waals surface area (Å²) in [6, 6.07) is 0. The molecule has 0 aliphatic heterocycles. The summed E-state index contributed by atoms with van der Waals surface area (Å²) in [5, 5.41) is 2.74. The monoisotopic (exact) mass is 212 g/mol. The lowest BCUT2D eigenvalue weighted by molar-refractivity contribution is -0.122. The number of ketones is 1. The van der Waals surface area contributed by atoms with Crippen LogP contribution in [0.2, 0.25) is 0 Å². The first-order valence-corrected chi connectivity index (χ1v) is 5.26. The van der Waals surface area contributed by atoms with Gasteiger partial charge in [0.15, 0.2) is 5.78 Å². The molecule has 0 fully saturated rings. The molecule has 0 aromatic rings. The largest absolute Gasteiger partial charge is 0.355 e. The van der Waals surface area contributed by atoms with E-state index in [2.05, 4.69) is 5.32 Å². The number of likely N-dealkylation sites (N-methyl/N-ethyl adjacent to an activating group) is 2. The highest BCUT2D eigenvalue weighted by atomic mass is 16.2. The maximum atomic E-state index is 11.3. The summed E-state index contributed by atoms with van der Waals surface area (Å²) >= 11 is 0. The smallest absolute Gasteiger partial charge is 0.234 e. The fraction of sp³-hybridized carbons (Fsp3) is 0.636. The Labute approximate surface area is 91.3 Å². The van der Waals surface area contributed by atoms with E-state index in [4.69, 9.17) is 0 Å². The van der Waals surface area contributed by atoms with E-state index in [1.807, 2.05) is 18.7 Å². The van der Waals surface area contributed by atoms with Gasteiger partial charge in [0, 0.05) is 13.1 Å². The van der Waals surface area contributed by atoms with Gasteiger partial charge in [0.25, 0.3) is 0 Å². The maximum absolute atomic E-state index is 11.3. The lowest BCUT2D eigenvalue weighted by atomic mass is 10.3. The van der Waals surface area contributed by atoms with Crippen LogP contribution in [-0.4, -0.2) is 42.8 Å². The predicted molar refractivity (Wildman–Crippen MR) is 60.6 cm³/mol. The molecule has 1 N–H and O–H groups in total. The maximum Gasteiger partial charge on any atom is 0.234 e. The van der Waals surface area contributed by atoms with E-state index >= 15 is 0 Å². The zero-order valence-corrected chi connectivity index (χ0v) is 9.75. The van der Waals surface area contributed by atoms with Crippen LogP contribution in [0, 0.1) is 0 Å². The molecule has 4 nitrogen and oxygen atoms in total. The first-order valence-electron chi connectivity index (χ1n) is 5.26. The summed E-state index contributed by atoms with van der Waals surface area (Å²) in [5.74, 6) is 0.0552. The summed E-state index contributed by atoms with van der Waals surface area (Å²) in [5.41, 5.74) is 0. The molecule has 0 bridgehead atoms. The Morgan fingerprint density at radius 3 is 2.47 bits per heavy atom. The normalized spacial score (nSPS) is 10.9. The van der Waals surface area contributed by atoms with Crippen molar-refractivity contribution in [2.24, 2.45) is 0 Å². The van der Waals surface area contributed by atoms with E-state index in [9.17, 15) is 9.59 Å². The molecule has 4 heteroatoms. The molecule has 0 spiro atoms. The van der Waals surface area contributed by atoms with E-state index in [1.54, 1.807) is 6.08 Å². The Morgan fingerprint density at radius 2 is 2.00 bits per heavy atom. The summed E-state index contributed by atoms with van der Waals surface area (Å²) in [7, 11) is 0. The zero-order valence-electron chi connectivity index (χ0n) is 9.75. The standard InChI is InChI=1S/C11H20N2O2/c1-4-12-11(15)9-13(5-2)8-6-7-10(3)14/h6-7H,4-5,8-9H2,1-3H3,(H,12,15)/b7-6+. The van der Waals surface area contributed by atoms with Crippen molar-refractivity contribution in [1.82, 2.24) is 10.2 Å². The molecule has 0 radical (unpaired) electrons. The molecular weight excluding hydrogens is 192 g/mol. The topological polar surface area (TPSA) is 49.4 Å². The first-order chi connectivity index (χ1) is 7.10. The number of rotatable bonds is 7. The Morgan fingerprint density at radius 1 is 1.33 bits per heavy atom. The second kappa shape index (κ2) is 8.17. The van der Waals surface area contributed by atoms with Gasteiger partial charge in [-0.2, -0.15) is 0 Å². The fourth-order valence-corrected chi connectivity index (χ4v) is 1.13. The van der Waals surface area contributed by atoms with Gasteiger partial charge in [-0.25, -0.2) is 0 Å². The second-order valence-corrected chi connectivity index (χ2v) is 3.29. The number of nitrogens with one attached hydrogen (secondary N) is 1. The van der Waals surface area contributed by atoms with E-state index in [0.717, 1.165) is 6.54 Å². The highest BCUT2D eigenvalue weighted by Crippen LogP contribution is 1.89. The van der Waals surface area contributed by atoms with Gasteiger partial charge in [0.2, 0.25) is 5.91 Å². The first kappa shape index (κ1) is 13.8. The van der Waals surface area contributed by atoms with E-state index in [0.29, 0.717) is 19.6 Å². The number of carbonyl (C=O) groups is 2. The molecule has 0 aromatic heterocycles. The number of carbonyl (C=O) groups excluding carboxylic acids is 2. The van der Waals surface area contributed by atoms with Crippen LogP contribution in [0.15, 0.2) is 12.2 Å². The van der Waals surface area contributed by atoms with Gasteiger partial charge in [-0.05, 0) is 26.5 Å². The fourth-order valence-electron chi connectivity index (χ4n) is 1.13. The summed E-state index contributed by atoms with van der Waals surface area (Å²) in [6.45, 7) is 7.85. The molecule has 0 saturated heterocycles.